The number of hydrogen-bond donors (Lipinski definition) is 1. The molecule has 0 unspecified atom stereocenters. The number of carbonyl (C=O) groups is 1. The smallest absolute Gasteiger partial charge is 0.153 e. The number of aldehydes is 1. The van der Waals surface area contributed by atoms with E-state index in [1.54, 1.807) is 19.3 Å². The zero-order valence-corrected chi connectivity index (χ0v) is 7.55. The summed E-state index contributed by atoms with van der Waals surface area (Å²) in [6.07, 6.45) is 2.41. The minimum atomic E-state index is 0.557. The Hall–Kier alpha value is -0.900. The predicted molar refractivity (Wildman–Crippen MR) is 46.9 cm³/mol. The lowest BCUT2D eigenvalue weighted by Gasteiger charge is -2.01. The lowest BCUT2D eigenvalue weighted by molar-refractivity contribution is 0.112. The molecule has 0 aliphatic rings. The molecule has 0 fully saturated rings. The molecule has 1 N–H and O–H groups in total. The second-order valence-corrected chi connectivity index (χ2v) is 2.87. The summed E-state index contributed by atoms with van der Waals surface area (Å²) in [5.74, 6) is 0.600. The quantitative estimate of drug-likeness (QED) is 0.763. The van der Waals surface area contributed by atoms with E-state index in [0.29, 0.717) is 11.4 Å². The maximum atomic E-state index is 10.4. The molecule has 0 saturated heterocycles. The molecule has 1 aromatic rings. The van der Waals surface area contributed by atoms with Crippen LogP contribution in [0.25, 0.3) is 0 Å². The van der Waals surface area contributed by atoms with Crippen LogP contribution in [-0.4, -0.2) is 18.3 Å². The second kappa shape index (κ2) is 3.48. The largest absolute Gasteiger partial charge is 0.373 e. The number of rotatable bonds is 2. The number of halogens is 1. The number of nitrogens with one attached hydrogen (secondary N) is 1. The first kappa shape index (κ1) is 8.20. The van der Waals surface area contributed by atoms with Gasteiger partial charge in [0.15, 0.2) is 6.29 Å². The molecule has 0 amide bonds. The van der Waals surface area contributed by atoms with E-state index in [0.717, 1.165) is 10.8 Å². The summed E-state index contributed by atoms with van der Waals surface area (Å²) in [5.41, 5.74) is 0.557. The fourth-order valence-electron chi connectivity index (χ4n) is 0.754. The standard InChI is InChI=1S/C7H7BrN2O/c1-9-7-5(4-11)2-6(8)3-10-7/h2-4H,1H3,(H,9,10). The van der Waals surface area contributed by atoms with Crippen LogP contribution in [0.5, 0.6) is 0 Å². The fourth-order valence-corrected chi connectivity index (χ4v) is 1.10. The maximum Gasteiger partial charge on any atom is 0.153 e. The van der Waals surface area contributed by atoms with Gasteiger partial charge in [0, 0.05) is 17.7 Å². The molecule has 58 valence electrons. The molecule has 0 radical (unpaired) electrons. The first-order valence-electron chi connectivity index (χ1n) is 3.06. The molecule has 0 spiro atoms. The predicted octanol–water partition coefficient (Wildman–Crippen LogP) is 1.70. The van der Waals surface area contributed by atoms with Crippen molar-refractivity contribution in [1.29, 1.82) is 0 Å². The van der Waals surface area contributed by atoms with Crippen LogP contribution in [0.3, 0.4) is 0 Å². The molecule has 1 heterocycles. The molecule has 1 aromatic heterocycles. The van der Waals surface area contributed by atoms with Crippen molar-refractivity contribution in [2.75, 3.05) is 12.4 Å². The molecule has 3 nitrogen and oxygen atoms in total. The van der Waals surface area contributed by atoms with Crippen LogP contribution >= 0.6 is 15.9 Å². The van der Waals surface area contributed by atoms with Crippen LogP contribution in [0.1, 0.15) is 10.4 Å². The third kappa shape index (κ3) is 1.77. The normalized spacial score (nSPS) is 9.27. The van der Waals surface area contributed by atoms with Crippen LogP contribution < -0.4 is 5.32 Å². The molecule has 4 heteroatoms. The Balaban J connectivity index is 3.16. The third-order valence-corrected chi connectivity index (χ3v) is 1.68. The molecule has 0 aliphatic heterocycles. The van der Waals surface area contributed by atoms with E-state index in [-0.39, 0.29) is 0 Å². The molecule has 0 aromatic carbocycles. The number of carbonyl (C=O) groups excluding carboxylic acids is 1. The summed E-state index contributed by atoms with van der Waals surface area (Å²) in [7, 11) is 1.73. The van der Waals surface area contributed by atoms with E-state index in [4.69, 9.17) is 0 Å². The average molecular weight is 215 g/mol. The number of pyridine rings is 1. The van der Waals surface area contributed by atoms with Crippen molar-refractivity contribution < 1.29 is 4.79 Å². The van der Waals surface area contributed by atoms with Crippen LogP contribution in [0.15, 0.2) is 16.7 Å². The third-order valence-electron chi connectivity index (χ3n) is 1.25. The number of hydrogen-bond acceptors (Lipinski definition) is 3. The maximum absolute atomic E-state index is 10.4. The second-order valence-electron chi connectivity index (χ2n) is 1.96. The van der Waals surface area contributed by atoms with Crippen LogP contribution in [-0.2, 0) is 0 Å². The highest BCUT2D eigenvalue weighted by atomic mass is 79.9. The van der Waals surface area contributed by atoms with Crippen molar-refractivity contribution in [3.8, 4) is 0 Å². The minimum Gasteiger partial charge on any atom is -0.373 e. The highest BCUT2D eigenvalue weighted by Gasteiger charge is 2.00. The van der Waals surface area contributed by atoms with Crippen molar-refractivity contribution in [1.82, 2.24) is 4.98 Å². The van der Waals surface area contributed by atoms with E-state index in [1.165, 1.54) is 0 Å². The van der Waals surface area contributed by atoms with Crippen molar-refractivity contribution in [3.05, 3.63) is 22.3 Å². The van der Waals surface area contributed by atoms with Gasteiger partial charge in [0.1, 0.15) is 5.82 Å². The van der Waals surface area contributed by atoms with Gasteiger partial charge in [-0.05, 0) is 22.0 Å². The van der Waals surface area contributed by atoms with Gasteiger partial charge in [0.25, 0.3) is 0 Å². The zero-order chi connectivity index (χ0) is 8.27. The fraction of sp³-hybridized carbons (Fsp3) is 0.143. The highest BCUT2D eigenvalue weighted by molar-refractivity contribution is 9.10. The molecule has 0 bridgehead atoms. The van der Waals surface area contributed by atoms with Crippen LogP contribution in [0.2, 0.25) is 0 Å². The highest BCUT2D eigenvalue weighted by Crippen LogP contribution is 2.15. The van der Waals surface area contributed by atoms with Gasteiger partial charge in [-0.2, -0.15) is 0 Å². The van der Waals surface area contributed by atoms with Gasteiger partial charge in [-0.1, -0.05) is 0 Å². The lowest BCUT2D eigenvalue weighted by atomic mass is 10.3. The minimum absolute atomic E-state index is 0.557. The summed E-state index contributed by atoms with van der Waals surface area (Å²) in [4.78, 5) is 14.4. The Morgan fingerprint density at radius 1 is 1.73 bits per heavy atom. The molecule has 0 atom stereocenters. The monoisotopic (exact) mass is 214 g/mol. The Labute approximate surface area is 73.0 Å². The Bertz CT molecular complexity index is 275. The summed E-state index contributed by atoms with van der Waals surface area (Å²) in [6, 6.07) is 1.71. The van der Waals surface area contributed by atoms with Gasteiger partial charge in [-0.25, -0.2) is 4.98 Å². The summed E-state index contributed by atoms with van der Waals surface area (Å²) < 4.78 is 0.804. The molecule has 0 aliphatic carbocycles. The van der Waals surface area contributed by atoms with E-state index in [1.807, 2.05) is 0 Å². The average Bonchev–Trinajstić information content (AvgIpc) is 2.04. The van der Waals surface area contributed by atoms with Gasteiger partial charge in [0.05, 0.1) is 5.56 Å². The van der Waals surface area contributed by atoms with Gasteiger partial charge in [-0.15, -0.1) is 0 Å². The van der Waals surface area contributed by atoms with E-state index in [2.05, 4.69) is 26.2 Å². The first-order valence-corrected chi connectivity index (χ1v) is 3.85. The number of anilines is 1. The topological polar surface area (TPSA) is 42.0 Å². The summed E-state index contributed by atoms with van der Waals surface area (Å²) in [6.45, 7) is 0. The van der Waals surface area contributed by atoms with Crippen molar-refractivity contribution >= 4 is 28.0 Å². The van der Waals surface area contributed by atoms with E-state index >= 15 is 0 Å². The summed E-state index contributed by atoms with van der Waals surface area (Å²) in [5, 5.41) is 2.81. The molecular formula is C7H7BrN2O. The molecular weight excluding hydrogens is 208 g/mol. The van der Waals surface area contributed by atoms with Crippen molar-refractivity contribution in [2.24, 2.45) is 0 Å². The van der Waals surface area contributed by atoms with Crippen molar-refractivity contribution in [2.45, 2.75) is 0 Å². The molecule has 11 heavy (non-hydrogen) atoms. The summed E-state index contributed by atoms with van der Waals surface area (Å²) >= 11 is 3.22. The Morgan fingerprint density at radius 3 is 3.00 bits per heavy atom. The number of nitrogens with zero attached hydrogens (tertiary/aromatic N) is 1. The zero-order valence-electron chi connectivity index (χ0n) is 5.97. The van der Waals surface area contributed by atoms with Crippen molar-refractivity contribution in [3.63, 3.8) is 0 Å². The Kier molecular flexibility index (Phi) is 2.59. The lowest BCUT2D eigenvalue weighted by Crippen LogP contribution is -1.96. The van der Waals surface area contributed by atoms with Gasteiger partial charge < -0.3 is 5.32 Å². The molecule has 1 rings (SSSR count). The van der Waals surface area contributed by atoms with Gasteiger partial charge in [-0.3, -0.25) is 4.79 Å². The van der Waals surface area contributed by atoms with E-state index < -0.39 is 0 Å². The van der Waals surface area contributed by atoms with Gasteiger partial charge >= 0.3 is 0 Å². The first-order chi connectivity index (χ1) is 5.27. The van der Waals surface area contributed by atoms with Crippen LogP contribution in [0.4, 0.5) is 5.82 Å². The number of aromatic nitrogens is 1. The van der Waals surface area contributed by atoms with E-state index in [9.17, 15) is 4.79 Å². The Morgan fingerprint density at radius 2 is 2.45 bits per heavy atom. The van der Waals surface area contributed by atoms with Gasteiger partial charge in [0.2, 0.25) is 0 Å². The SMILES string of the molecule is CNc1ncc(Br)cc1C=O. The van der Waals surface area contributed by atoms with Crippen LogP contribution in [0, 0.1) is 0 Å². The molecule has 0 saturated carbocycles.